The van der Waals surface area contributed by atoms with E-state index in [-0.39, 0.29) is 10.8 Å². The minimum Gasteiger partial charge on any atom is -0.478 e. The van der Waals surface area contributed by atoms with E-state index in [1.54, 1.807) is 6.08 Å². The Kier molecular flexibility index (Phi) is 5.03. The number of hydrogen-bond acceptors (Lipinski definition) is 1. The summed E-state index contributed by atoms with van der Waals surface area (Å²) in [5, 5.41) is 9.22. The predicted octanol–water partition coefficient (Wildman–Crippen LogP) is 5.16. The Morgan fingerprint density at radius 1 is 1.00 bits per heavy atom. The maximum atomic E-state index is 11.2. The summed E-state index contributed by atoms with van der Waals surface area (Å²) in [6.45, 7) is 15.0. The first-order valence-corrected chi connectivity index (χ1v) is 7.55. The molecule has 0 saturated heterocycles. The van der Waals surface area contributed by atoms with Crippen LogP contribution in [0.15, 0.2) is 23.8 Å². The molecule has 1 aromatic carbocycles. The Balaban J connectivity index is 3.49. The van der Waals surface area contributed by atoms with Gasteiger partial charge in [-0.15, -0.1) is 0 Å². The summed E-state index contributed by atoms with van der Waals surface area (Å²) >= 11 is 0. The van der Waals surface area contributed by atoms with E-state index in [0.717, 1.165) is 5.56 Å². The van der Waals surface area contributed by atoms with Crippen LogP contribution in [-0.4, -0.2) is 11.1 Å². The van der Waals surface area contributed by atoms with E-state index < -0.39 is 5.97 Å². The zero-order valence-electron chi connectivity index (χ0n) is 14.4. The molecular formula is C19H28O2. The van der Waals surface area contributed by atoms with Crippen molar-refractivity contribution < 1.29 is 9.90 Å². The van der Waals surface area contributed by atoms with Crippen molar-refractivity contribution >= 4 is 12.0 Å². The van der Waals surface area contributed by atoms with Crippen LogP contribution in [-0.2, 0) is 15.6 Å². The Morgan fingerprint density at radius 2 is 1.43 bits per heavy atom. The van der Waals surface area contributed by atoms with Gasteiger partial charge >= 0.3 is 5.97 Å². The number of hydrogen-bond donors (Lipinski definition) is 1. The van der Waals surface area contributed by atoms with Crippen LogP contribution in [0.25, 0.3) is 6.08 Å². The number of benzene rings is 1. The van der Waals surface area contributed by atoms with Crippen molar-refractivity contribution in [2.45, 2.75) is 65.7 Å². The summed E-state index contributed by atoms with van der Waals surface area (Å²) in [4.78, 5) is 11.2. The van der Waals surface area contributed by atoms with Gasteiger partial charge in [-0.25, -0.2) is 4.79 Å². The monoisotopic (exact) mass is 288 g/mol. The van der Waals surface area contributed by atoms with E-state index in [0.29, 0.717) is 12.0 Å². The van der Waals surface area contributed by atoms with Gasteiger partial charge in [-0.3, -0.25) is 0 Å². The van der Waals surface area contributed by atoms with Gasteiger partial charge in [0.2, 0.25) is 0 Å². The van der Waals surface area contributed by atoms with Crippen molar-refractivity contribution in [2.24, 2.45) is 0 Å². The van der Waals surface area contributed by atoms with Crippen molar-refractivity contribution in [1.82, 2.24) is 0 Å². The Morgan fingerprint density at radius 3 is 1.71 bits per heavy atom. The van der Waals surface area contributed by atoms with Gasteiger partial charge in [0.25, 0.3) is 0 Å². The number of carboxylic acid groups (broad SMARTS) is 1. The summed E-state index contributed by atoms with van der Waals surface area (Å²) in [6, 6.07) is 6.45. The highest BCUT2D eigenvalue weighted by molar-refractivity contribution is 5.92. The molecule has 0 amide bonds. The van der Waals surface area contributed by atoms with Gasteiger partial charge in [0.1, 0.15) is 0 Å². The van der Waals surface area contributed by atoms with E-state index in [1.165, 1.54) is 11.1 Å². The molecule has 0 aliphatic heterocycles. The summed E-state index contributed by atoms with van der Waals surface area (Å²) in [6.07, 6.45) is 2.33. The topological polar surface area (TPSA) is 37.3 Å². The van der Waals surface area contributed by atoms with Crippen molar-refractivity contribution in [3.63, 3.8) is 0 Å². The third-order valence-corrected chi connectivity index (χ3v) is 3.68. The molecule has 1 N–H and O–H groups in total. The van der Waals surface area contributed by atoms with Crippen LogP contribution in [0.4, 0.5) is 0 Å². The van der Waals surface area contributed by atoms with Crippen molar-refractivity contribution in [1.29, 1.82) is 0 Å². The Labute approximate surface area is 128 Å². The fourth-order valence-electron chi connectivity index (χ4n) is 2.12. The molecule has 0 unspecified atom stereocenters. The number of carbonyl (C=O) groups is 1. The molecular weight excluding hydrogens is 260 g/mol. The molecule has 2 nitrogen and oxygen atoms in total. The molecule has 0 aliphatic rings. The smallest absolute Gasteiger partial charge is 0.331 e. The summed E-state index contributed by atoms with van der Waals surface area (Å²) in [7, 11) is 0. The molecule has 1 rings (SSSR count). The van der Waals surface area contributed by atoms with Gasteiger partial charge in [-0.05, 0) is 40.0 Å². The van der Waals surface area contributed by atoms with E-state index in [4.69, 9.17) is 0 Å². The average Bonchev–Trinajstić information content (AvgIpc) is 2.33. The maximum absolute atomic E-state index is 11.2. The van der Waals surface area contributed by atoms with Gasteiger partial charge in [0, 0.05) is 5.57 Å². The van der Waals surface area contributed by atoms with Gasteiger partial charge in [-0.2, -0.15) is 0 Å². The van der Waals surface area contributed by atoms with Crippen LogP contribution >= 0.6 is 0 Å². The predicted molar refractivity (Wildman–Crippen MR) is 89.7 cm³/mol. The Hall–Kier alpha value is -1.57. The van der Waals surface area contributed by atoms with Gasteiger partial charge in [0.05, 0.1) is 0 Å². The second-order valence-electron chi connectivity index (χ2n) is 7.67. The molecule has 0 bridgehead atoms. The number of carboxylic acids is 1. The highest BCUT2D eigenvalue weighted by atomic mass is 16.4. The van der Waals surface area contributed by atoms with Gasteiger partial charge < -0.3 is 5.11 Å². The second-order valence-corrected chi connectivity index (χ2v) is 7.67. The molecule has 0 aromatic heterocycles. The average molecular weight is 288 g/mol. The number of aliphatic carboxylic acids is 1. The molecule has 0 radical (unpaired) electrons. The van der Waals surface area contributed by atoms with Crippen molar-refractivity contribution in [3.05, 3.63) is 40.5 Å². The van der Waals surface area contributed by atoms with Crippen LogP contribution < -0.4 is 0 Å². The fraction of sp³-hybridized carbons (Fsp3) is 0.526. The molecule has 2 heteroatoms. The first kappa shape index (κ1) is 17.5. The van der Waals surface area contributed by atoms with Crippen LogP contribution in [0.1, 0.15) is 71.6 Å². The van der Waals surface area contributed by atoms with Gasteiger partial charge in [0.15, 0.2) is 0 Å². The van der Waals surface area contributed by atoms with Gasteiger partial charge in [-0.1, -0.05) is 66.7 Å². The third-order valence-electron chi connectivity index (χ3n) is 3.68. The van der Waals surface area contributed by atoms with E-state index in [9.17, 15) is 9.90 Å². The SMILES string of the molecule is CCC(=Cc1cc(C(C)(C)C)cc(C(C)(C)C)c1)C(=O)O. The minimum atomic E-state index is -0.837. The quantitative estimate of drug-likeness (QED) is 0.780. The van der Waals surface area contributed by atoms with E-state index in [1.807, 2.05) is 6.92 Å². The molecule has 21 heavy (non-hydrogen) atoms. The molecule has 0 spiro atoms. The molecule has 0 heterocycles. The van der Waals surface area contributed by atoms with Crippen LogP contribution in [0.3, 0.4) is 0 Å². The molecule has 116 valence electrons. The third kappa shape index (κ3) is 4.73. The standard InChI is InChI=1S/C19H28O2/c1-8-14(17(20)21)9-13-10-15(18(2,3)4)12-16(11-13)19(5,6)7/h9-12H,8H2,1-7H3,(H,20,21). The summed E-state index contributed by atoms with van der Waals surface area (Å²) in [5.74, 6) is -0.837. The van der Waals surface area contributed by atoms with E-state index >= 15 is 0 Å². The lowest BCUT2D eigenvalue weighted by Crippen LogP contribution is -2.16. The van der Waals surface area contributed by atoms with Crippen LogP contribution in [0.5, 0.6) is 0 Å². The Bertz CT molecular complexity index is 520. The molecule has 0 fully saturated rings. The first-order valence-electron chi connectivity index (χ1n) is 7.55. The first-order chi connectivity index (χ1) is 9.45. The summed E-state index contributed by atoms with van der Waals surface area (Å²) in [5.41, 5.74) is 3.98. The number of rotatable bonds is 3. The normalized spacial score (nSPS) is 13.4. The molecule has 0 atom stereocenters. The maximum Gasteiger partial charge on any atom is 0.331 e. The van der Waals surface area contributed by atoms with Crippen molar-refractivity contribution in [2.75, 3.05) is 0 Å². The second kappa shape index (κ2) is 6.05. The van der Waals surface area contributed by atoms with Crippen LogP contribution in [0, 0.1) is 0 Å². The lowest BCUT2D eigenvalue weighted by Gasteiger charge is -2.26. The zero-order valence-corrected chi connectivity index (χ0v) is 14.4. The highest BCUT2D eigenvalue weighted by Gasteiger charge is 2.20. The van der Waals surface area contributed by atoms with E-state index in [2.05, 4.69) is 59.7 Å². The van der Waals surface area contributed by atoms with Crippen LogP contribution in [0.2, 0.25) is 0 Å². The fourth-order valence-corrected chi connectivity index (χ4v) is 2.12. The lowest BCUT2D eigenvalue weighted by molar-refractivity contribution is -0.132. The molecule has 0 saturated carbocycles. The minimum absolute atomic E-state index is 0.0411. The zero-order chi connectivity index (χ0) is 16.4. The lowest BCUT2D eigenvalue weighted by atomic mass is 9.79. The largest absolute Gasteiger partial charge is 0.478 e. The van der Waals surface area contributed by atoms with Crippen molar-refractivity contribution in [3.8, 4) is 0 Å². The molecule has 1 aromatic rings. The highest BCUT2D eigenvalue weighted by Crippen LogP contribution is 2.31. The molecule has 0 aliphatic carbocycles. The summed E-state index contributed by atoms with van der Waals surface area (Å²) < 4.78 is 0.